The lowest BCUT2D eigenvalue weighted by Crippen LogP contribution is -2.39. The van der Waals surface area contributed by atoms with Crippen molar-refractivity contribution in [2.45, 2.75) is 58.8 Å². The van der Waals surface area contributed by atoms with Gasteiger partial charge in [-0.05, 0) is 61.2 Å². The van der Waals surface area contributed by atoms with E-state index in [-0.39, 0.29) is 24.2 Å². The fourth-order valence-electron chi connectivity index (χ4n) is 4.71. The van der Waals surface area contributed by atoms with E-state index in [1.807, 2.05) is 54.6 Å². The first kappa shape index (κ1) is 29.7. The van der Waals surface area contributed by atoms with Gasteiger partial charge < -0.3 is 10.2 Å². The van der Waals surface area contributed by atoms with Crippen molar-refractivity contribution in [2.24, 2.45) is 0 Å². The summed E-state index contributed by atoms with van der Waals surface area (Å²) in [5, 5.41) is 7.63. The van der Waals surface area contributed by atoms with Crippen molar-refractivity contribution in [2.75, 3.05) is 18.4 Å². The number of aromatic nitrogens is 2. The van der Waals surface area contributed by atoms with Gasteiger partial charge in [0.05, 0.1) is 11.4 Å². The van der Waals surface area contributed by atoms with Gasteiger partial charge in [0.15, 0.2) is 0 Å². The van der Waals surface area contributed by atoms with Gasteiger partial charge in [-0.15, -0.1) is 0 Å². The molecule has 0 aliphatic rings. The minimum absolute atomic E-state index is 0.0904. The standard InChI is InChI=1S/C34H39FN4O2/c1-3-5-7-9-12-26-15-17-28(18-16-26)34(41)38(23-6-4-2)25-33(40)36-32-24-31(27-13-10-8-11-14-27)37-39(32)30-21-19-29(35)20-22-30/h8,10-11,13-22,24H,3-7,9,12,23,25H2,1-2H3,(H,36,40). The fraction of sp³-hybridized carbons (Fsp3) is 0.324. The lowest BCUT2D eigenvalue weighted by atomic mass is 10.0. The second-order valence-electron chi connectivity index (χ2n) is 10.3. The Balaban J connectivity index is 1.50. The van der Waals surface area contributed by atoms with E-state index in [4.69, 9.17) is 0 Å². The van der Waals surface area contributed by atoms with Crippen LogP contribution in [-0.4, -0.2) is 39.6 Å². The first-order valence-electron chi connectivity index (χ1n) is 14.6. The molecule has 0 saturated heterocycles. The van der Waals surface area contributed by atoms with Gasteiger partial charge in [-0.3, -0.25) is 9.59 Å². The molecule has 4 rings (SSSR count). The van der Waals surface area contributed by atoms with Crippen LogP contribution < -0.4 is 5.32 Å². The Kier molecular flexibility index (Phi) is 10.8. The molecule has 41 heavy (non-hydrogen) atoms. The van der Waals surface area contributed by atoms with Crippen LogP contribution in [0, 0.1) is 5.82 Å². The summed E-state index contributed by atoms with van der Waals surface area (Å²) in [7, 11) is 0. The molecule has 0 fully saturated rings. The zero-order chi connectivity index (χ0) is 29.0. The number of nitrogens with one attached hydrogen (secondary N) is 1. The normalized spacial score (nSPS) is 10.9. The van der Waals surface area contributed by atoms with Crippen molar-refractivity contribution < 1.29 is 14.0 Å². The monoisotopic (exact) mass is 554 g/mol. The highest BCUT2D eigenvalue weighted by Crippen LogP contribution is 2.25. The molecule has 0 aliphatic heterocycles. The van der Waals surface area contributed by atoms with Crippen molar-refractivity contribution in [3.8, 4) is 16.9 Å². The summed E-state index contributed by atoms with van der Waals surface area (Å²) in [6.45, 7) is 4.65. The first-order valence-corrected chi connectivity index (χ1v) is 14.6. The van der Waals surface area contributed by atoms with E-state index in [2.05, 4.69) is 24.3 Å². The molecule has 0 unspecified atom stereocenters. The fourth-order valence-corrected chi connectivity index (χ4v) is 4.71. The van der Waals surface area contributed by atoms with Crippen LogP contribution >= 0.6 is 0 Å². The molecule has 6 nitrogen and oxygen atoms in total. The summed E-state index contributed by atoms with van der Waals surface area (Å²) in [6.07, 6.45) is 7.50. The van der Waals surface area contributed by atoms with Gasteiger partial charge in [-0.1, -0.05) is 82.0 Å². The summed E-state index contributed by atoms with van der Waals surface area (Å²) < 4.78 is 15.2. The molecule has 1 aromatic heterocycles. The quantitative estimate of drug-likeness (QED) is 0.163. The lowest BCUT2D eigenvalue weighted by molar-refractivity contribution is -0.117. The molecule has 0 radical (unpaired) electrons. The maximum Gasteiger partial charge on any atom is 0.254 e. The molecule has 0 saturated carbocycles. The zero-order valence-electron chi connectivity index (χ0n) is 24.0. The highest BCUT2D eigenvalue weighted by Gasteiger charge is 2.21. The van der Waals surface area contributed by atoms with E-state index in [0.717, 1.165) is 31.2 Å². The van der Waals surface area contributed by atoms with E-state index >= 15 is 0 Å². The minimum Gasteiger partial charge on any atom is -0.329 e. The van der Waals surface area contributed by atoms with Gasteiger partial charge >= 0.3 is 0 Å². The number of hydrogen-bond acceptors (Lipinski definition) is 3. The third-order valence-electron chi connectivity index (χ3n) is 7.04. The predicted octanol–water partition coefficient (Wildman–Crippen LogP) is 7.68. The second-order valence-corrected chi connectivity index (χ2v) is 10.3. The summed E-state index contributed by atoms with van der Waals surface area (Å²) in [5.41, 5.74) is 3.96. The molecule has 0 aliphatic carbocycles. The lowest BCUT2D eigenvalue weighted by Gasteiger charge is -2.22. The molecule has 3 aromatic carbocycles. The molecule has 0 bridgehead atoms. The number of halogens is 1. The molecular weight excluding hydrogens is 515 g/mol. The van der Waals surface area contributed by atoms with Crippen LogP contribution in [0.1, 0.15) is 68.3 Å². The largest absolute Gasteiger partial charge is 0.329 e. The third kappa shape index (κ3) is 8.37. The Labute approximate surface area is 242 Å². The Morgan fingerprint density at radius 3 is 2.24 bits per heavy atom. The first-order chi connectivity index (χ1) is 20.0. The number of rotatable bonds is 14. The number of anilines is 1. The third-order valence-corrected chi connectivity index (χ3v) is 7.04. The van der Waals surface area contributed by atoms with Crippen molar-refractivity contribution in [1.29, 1.82) is 0 Å². The highest BCUT2D eigenvalue weighted by molar-refractivity contribution is 5.99. The molecule has 1 heterocycles. The van der Waals surface area contributed by atoms with Crippen molar-refractivity contribution in [3.63, 3.8) is 0 Å². The SMILES string of the molecule is CCCCCCc1ccc(C(=O)N(CCCC)CC(=O)Nc2cc(-c3ccccc3)nn2-c2ccc(F)cc2)cc1. The van der Waals surface area contributed by atoms with Crippen LogP contribution in [0.3, 0.4) is 0 Å². The van der Waals surface area contributed by atoms with E-state index in [0.29, 0.717) is 29.3 Å². The van der Waals surface area contributed by atoms with Crippen LogP contribution in [0.5, 0.6) is 0 Å². The number of unbranched alkanes of at least 4 members (excludes halogenated alkanes) is 4. The molecule has 1 N–H and O–H groups in total. The Bertz CT molecular complexity index is 1400. The van der Waals surface area contributed by atoms with E-state index in [1.165, 1.54) is 37.0 Å². The maximum absolute atomic E-state index is 13.6. The number of carbonyl (C=O) groups is 2. The Morgan fingerprint density at radius 1 is 0.854 bits per heavy atom. The summed E-state index contributed by atoms with van der Waals surface area (Å²) in [4.78, 5) is 28.4. The van der Waals surface area contributed by atoms with Crippen molar-refractivity contribution in [3.05, 3.63) is 102 Å². The number of carbonyl (C=O) groups excluding carboxylic acids is 2. The van der Waals surface area contributed by atoms with Gasteiger partial charge in [0.25, 0.3) is 5.91 Å². The second kappa shape index (κ2) is 14.9. The minimum atomic E-state index is -0.357. The molecule has 2 amide bonds. The van der Waals surface area contributed by atoms with Crippen LogP contribution in [0.2, 0.25) is 0 Å². The van der Waals surface area contributed by atoms with Crippen LogP contribution in [0.4, 0.5) is 10.2 Å². The topological polar surface area (TPSA) is 67.2 Å². The average Bonchev–Trinajstić information content (AvgIpc) is 3.41. The highest BCUT2D eigenvalue weighted by atomic mass is 19.1. The van der Waals surface area contributed by atoms with Gasteiger partial charge in [0.1, 0.15) is 18.2 Å². The van der Waals surface area contributed by atoms with Crippen LogP contribution in [0.15, 0.2) is 84.9 Å². The molecule has 4 aromatic rings. The molecule has 7 heteroatoms. The van der Waals surface area contributed by atoms with Gasteiger partial charge in [0.2, 0.25) is 5.91 Å². The Hall–Kier alpha value is -4.26. The molecule has 0 spiro atoms. The number of aryl methyl sites for hydroxylation is 1. The maximum atomic E-state index is 13.6. The average molecular weight is 555 g/mol. The summed E-state index contributed by atoms with van der Waals surface area (Å²) in [5.74, 6) is -0.409. The van der Waals surface area contributed by atoms with Crippen molar-refractivity contribution in [1.82, 2.24) is 14.7 Å². The van der Waals surface area contributed by atoms with E-state index in [9.17, 15) is 14.0 Å². The molecular formula is C34H39FN4O2. The number of hydrogen-bond donors (Lipinski definition) is 1. The number of benzene rings is 3. The zero-order valence-corrected chi connectivity index (χ0v) is 24.0. The number of nitrogens with zero attached hydrogens (tertiary/aromatic N) is 3. The number of amides is 2. The Morgan fingerprint density at radius 2 is 1.56 bits per heavy atom. The molecule has 0 atom stereocenters. The summed E-state index contributed by atoms with van der Waals surface area (Å²) in [6, 6.07) is 25.1. The van der Waals surface area contributed by atoms with Gasteiger partial charge in [-0.2, -0.15) is 5.10 Å². The van der Waals surface area contributed by atoms with Gasteiger partial charge in [0, 0.05) is 23.7 Å². The van der Waals surface area contributed by atoms with Crippen LogP contribution in [-0.2, 0) is 11.2 Å². The smallest absolute Gasteiger partial charge is 0.254 e. The van der Waals surface area contributed by atoms with E-state index < -0.39 is 0 Å². The van der Waals surface area contributed by atoms with Gasteiger partial charge in [-0.25, -0.2) is 9.07 Å². The van der Waals surface area contributed by atoms with E-state index in [1.54, 1.807) is 27.8 Å². The van der Waals surface area contributed by atoms with Crippen LogP contribution in [0.25, 0.3) is 16.9 Å². The summed E-state index contributed by atoms with van der Waals surface area (Å²) >= 11 is 0. The van der Waals surface area contributed by atoms with Crippen molar-refractivity contribution >= 4 is 17.6 Å². The predicted molar refractivity (Wildman–Crippen MR) is 163 cm³/mol. The molecule has 214 valence electrons.